The minimum Gasteiger partial charge on any atom is -0.456 e. The summed E-state index contributed by atoms with van der Waals surface area (Å²) in [5.41, 5.74) is 20.9. The van der Waals surface area contributed by atoms with Crippen molar-refractivity contribution in [3.63, 3.8) is 0 Å². The van der Waals surface area contributed by atoms with Crippen molar-refractivity contribution in [1.29, 1.82) is 0 Å². The van der Waals surface area contributed by atoms with E-state index in [0.717, 1.165) is 33.1 Å². The van der Waals surface area contributed by atoms with Gasteiger partial charge >= 0.3 is 0 Å². The molecule has 282 valence electrons. The van der Waals surface area contributed by atoms with Crippen molar-refractivity contribution in [2.45, 2.75) is 26.4 Å². The molecule has 9 aromatic rings. The standard InChI is InChI=1S/C56H40O3/c1-5-13-37(14-6-1)49(38-15-7-2-8-16-38)29-41-21-25-45(53-35-57-33-51(41)53)43-23-27-47-48-28-24-44(32-56(48)59-55(47)31-43)46-26-22-42(52-34-58-36-54(46)52)30-50(39-17-9-3-10-18-39)40-19-11-4-12-20-40/h1-32H,33-36H2. The average Bonchev–Trinajstić information content (AvgIpc) is 4.08. The van der Waals surface area contributed by atoms with Gasteiger partial charge in [0, 0.05) is 10.8 Å². The van der Waals surface area contributed by atoms with Gasteiger partial charge in [0.25, 0.3) is 0 Å². The largest absolute Gasteiger partial charge is 0.456 e. The first-order valence-electron chi connectivity index (χ1n) is 20.3. The molecule has 0 unspecified atom stereocenters. The Balaban J connectivity index is 0.946. The van der Waals surface area contributed by atoms with E-state index >= 15 is 0 Å². The van der Waals surface area contributed by atoms with Crippen molar-refractivity contribution in [1.82, 2.24) is 0 Å². The minimum atomic E-state index is 0.586. The molecule has 0 radical (unpaired) electrons. The second-order valence-corrected chi connectivity index (χ2v) is 15.4. The Bertz CT molecular complexity index is 2770. The van der Waals surface area contributed by atoms with E-state index in [0.29, 0.717) is 26.4 Å². The number of hydrogen-bond acceptors (Lipinski definition) is 3. The quantitative estimate of drug-likeness (QED) is 0.145. The van der Waals surface area contributed by atoms with Crippen LogP contribution in [0.2, 0.25) is 0 Å². The van der Waals surface area contributed by atoms with E-state index in [2.05, 4.69) is 194 Å². The molecule has 3 nitrogen and oxygen atoms in total. The number of furan rings is 1. The van der Waals surface area contributed by atoms with Crippen LogP contribution >= 0.6 is 0 Å². The summed E-state index contributed by atoms with van der Waals surface area (Å²) in [4.78, 5) is 0. The molecule has 0 saturated carbocycles. The van der Waals surface area contributed by atoms with Crippen LogP contribution in [0.25, 0.3) is 67.5 Å². The Hall–Kier alpha value is -7.04. The fourth-order valence-corrected chi connectivity index (χ4v) is 8.98. The van der Waals surface area contributed by atoms with E-state index in [-0.39, 0.29) is 0 Å². The maximum absolute atomic E-state index is 6.68. The Morgan fingerprint density at radius 3 is 1.08 bits per heavy atom. The molecular weight excluding hydrogens is 721 g/mol. The zero-order valence-corrected chi connectivity index (χ0v) is 32.5. The van der Waals surface area contributed by atoms with Gasteiger partial charge in [-0.05, 0) is 125 Å². The molecule has 1 aromatic heterocycles. The molecule has 8 aromatic carbocycles. The second-order valence-electron chi connectivity index (χ2n) is 15.4. The Morgan fingerprint density at radius 1 is 0.356 bits per heavy atom. The number of fused-ring (bicyclic) bond motifs is 5. The summed E-state index contributed by atoms with van der Waals surface area (Å²) in [5.74, 6) is 0. The van der Waals surface area contributed by atoms with E-state index < -0.39 is 0 Å². The number of benzene rings is 8. The molecular formula is C56H40O3. The Kier molecular flexibility index (Phi) is 8.96. The van der Waals surface area contributed by atoms with Gasteiger partial charge in [-0.2, -0.15) is 0 Å². The monoisotopic (exact) mass is 760 g/mol. The molecule has 11 rings (SSSR count). The molecule has 0 fully saturated rings. The van der Waals surface area contributed by atoms with Crippen LogP contribution in [0.4, 0.5) is 0 Å². The topological polar surface area (TPSA) is 31.6 Å². The fourth-order valence-electron chi connectivity index (χ4n) is 8.98. The maximum Gasteiger partial charge on any atom is 0.136 e. The molecule has 59 heavy (non-hydrogen) atoms. The van der Waals surface area contributed by atoms with Crippen molar-refractivity contribution in [2.75, 3.05) is 0 Å². The summed E-state index contributed by atoms with van der Waals surface area (Å²) in [6.45, 7) is 2.36. The predicted molar refractivity (Wildman–Crippen MR) is 241 cm³/mol. The van der Waals surface area contributed by atoms with Crippen LogP contribution in [0.5, 0.6) is 0 Å². The van der Waals surface area contributed by atoms with E-state index in [4.69, 9.17) is 13.9 Å². The summed E-state index contributed by atoms with van der Waals surface area (Å²) < 4.78 is 19.0. The van der Waals surface area contributed by atoms with Gasteiger partial charge in [-0.15, -0.1) is 0 Å². The van der Waals surface area contributed by atoms with Crippen LogP contribution in [0, 0.1) is 0 Å². The highest BCUT2D eigenvalue weighted by Gasteiger charge is 2.23. The van der Waals surface area contributed by atoms with Gasteiger partial charge in [-0.3, -0.25) is 0 Å². The third-order valence-corrected chi connectivity index (χ3v) is 12.0. The zero-order valence-electron chi connectivity index (χ0n) is 32.5. The van der Waals surface area contributed by atoms with Crippen LogP contribution in [-0.2, 0) is 35.9 Å². The fraction of sp³-hybridized carbons (Fsp3) is 0.0714. The van der Waals surface area contributed by atoms with Gasteiger partial charge < -0.3 is 13.9 Å². The lowest BCUT2D eigenvalue weighted by Crippen LogP contribution is -1.94. The van der Waals surface area contributed by atoms with Crippen molar-refractivity contribution < 1.29 is 13.9 Å². The lowest BCUT2D eigenvalue weighted by Gasteiger charge is -2.13. The van der Waals surface area contributed by atoms with Gasteiger partial charge in [0.05, 0.1) is 26.4 Å². The minimum absolute atomic E-state index is 0.586. The van der Waals surface area contributed by atoms with Crippen LogP contribution < -0.4 is 0 Å². The molecule has 2 aliphatic heterocycles. The van der Waals surface area contributed by atoms with Gasteiger partial charge in [0.15, 0.2) is 0 Å². The van der Waals surface area contributed by atoms with Crippen molar-refractivity contribution in [2.24, 2.45) is 0 Å². The molecule has 0 aliphatic carbocycles. The molecule has 0 atom stereocenters. The Labute approximate surface area is 344 Å². The summed E-state index contributed by atoms with van der Waals surface area (Å²) in [7, 11) is 0. The highest BCUT2D eigenvalue weighted by Crippen LogP contribution is 2.41. The van der Waals surface area contributed by atoms with Crippen LogP contribution in [0.1, 0.15) is 55.6 Å². The summed E-state index contributed by atoms with van der Waals surface area (Å²) in [6, 6.07) is 64.8. The number of hydrogen-bond donors (Lipinski definition) is 0. The van der Waals surface area contributed by atoms with Crippen LogP contribution in [0.15, 0.2) is 186 Å². The zero-order chi connectivity index (χ0) is 39.1. The number of ether oxygens (including phenoxy) is 2. The van der Waals surface area contributed by atoms with E-state index in [1.54, 1.807) is 0 Å². The van der Waals surface area contributed by atoms with Crippen molar-refractivity contribution >= 4 is 45.2 Å². The summed E-state index contributed by atoms with van der Waals surface area (Å²) >= 11 is 0. The van der Waals surface area contributed by atoms with E-state index in [1.165, 1.54) is 77.9 Å². The first kappa shape index (κ1) is 35.1. The summed E-state index contributed by atoms with van der Waals surface area (Å²) in [5, 5.41) is 2.23. The SMILES string of the molecule is C(=C(c1ccccc1)c1ccccc1)c1ccc(-c2ccc3c(c2)oc2cc(-c4ccc(C=C(c5ccccc5)c5ccccc5)c5c4COC5)ccc23)c2c1COC2. The Morgan fingerprint density at radius 2 is 0.712 bits per heavy atom. The third-order valence-electron chi connectivity index (χ3n) is 12.0. The summed E-state index contributed by atoms with van der Waals surface area (Å²) in [6.07, 6.45) is 4.64. The maximum atomic E-state index is 6.68. The highest BCUT2D eigenvalue weighted by molar-refractivity contribution is 6.07. The molecule has 3 heteroatoms. The molecule has 0 spiro atoms. The normalized spacial score (nSPS) is 13.0. The third kappa shape index (κ3) is 6.51. The van der Waals surface area contributed by atoms with Gasteiger partial charge in [-0.1, -0.05) is 158 Å². The van der Waals surface area contributed by atoms with E-state index in [1.807, 2.05) is 0 Å². The first-order chi connectivity index (χ1) is 29.2. The molecule has 0 amide bonds. The lowest BCUT2D eigenvalue weighted by atomic mass is 9.90. The van der Waals surface area contributed by atoms with Crippen LogP contribution in [-0.4, -0.2) is 0 Å². The molecule has 0 saturated heterocycles. The first-order valence-corrected chi connectivity index (χ1v) is 20.3. The molecule has 0 bridgehead atoms. The van der Waals surface area contributed by atoms with Gasteiger partial charge in [0.2, 0.25) is 0 Å². The van der Waals surface area contributed by atoms with Crippen molar-refractivity contribution in [3.8, 4) is 22.3 Å². The van der Waals surface area contributed by atoms with Crippen LogP contribution in [0.3, 0.4) is 0 Å². The lowest BCUT2D eigenvalue weighted by molar-refractivity contribution is 0.134. The molecule has 2 aliphatic rings. The second kappa shape index (κ2) is 15.0. The highest BCUT2D eigenvalue weighted by atomic mass is 16.5. The predicted octanol–water partition coefficient (Wildman–Crippen LogP) is 14.2. The van der Waals surface area contributed by atoms with Crippen molar-refractivity contribution in [3.05, 3.63) is 238 Å². The smallest absolute Gasteiger partial charge is 0.136 e. The average molecular weight is 761 g/mol. The van der Waals surface area contributed by atoms with Gasteiger partial charge in [-0.25, -0.2) is 0 Å². The van der Waals surface area contributed by atoms with E-state index in [9.17, 15) is 0 Å². The molecule has 0 N–H and O–H groups in total. The molecule has 3 heterocycles. The number of rotatable bonds is 8. The van der Waals surface area contributed by atoms with Gasteiger partial charge in [0.1, 0.15) is 11.2 Å².